The van der Waals surface area contributed by atoms with E-state index in [-0.39, 0.29) is 0 Å². The van der Waals surface area contributed by atoms with Gasteiger partial charge in [0, 0.05) is 6.42 Å². The average molecular weight is 270 g/mol. The number of rotatable bonds is 0. The monoisotopic (exact) mass is 270 g/mol. The summed E-state index contributed by atoms with van der Waals surface area (Å²) in [6.07, 6.45) is 10.7. The number of aromatic hydroxyl groups is 1. The highest BCUT2D eigenvalue weighted by Gasteiger charge is 2.30. The van der Waals surface area contributed by atoms with E-state index in [0.717, 1.165) is 12.1 Å². The van der Waals surface area contributed by atoms with Gasteiger partial charge in [0.25, 0.3) is 5.71 Å². The third-order valence-electron chi connectivity index (χ3n) is 3.99. The van der Waals surface area contributed by atoms with E-state index in [1.807, 2.05) is 6.07 Å². The van der Waals surface area contributed by atoms with Crippen molar-refractivity contribution in [2.75, 3.05) is 0 Å². The van der Waals surface area contributed by atoms with Gasteiger partial charge in [-0.25, -0.2) is 0 Å². The van der Waals surface area contributed by atoms with Crippen LogP contribution in [0.2, 0.25) is 0 Å². The number of fused-ring (bicyclic) bond motifs is 1. The number of allylic oxidation sites excluding steroid dienone is 2. The maximum atomic E-state index is 8.92. The first-order valence-corrected chi connectivity index (χ1v) is 7.45. The van der Waals surface area contributed by atoms with Crippen molar-refractivity contribution in [3.63, 3.8) is 0 Å². The number of phenols is 1. The standard InChI is InChI=1S/C11H16N2.C6H6O/c12-13-11-8-4-2-6-9-5-1-3-7-10(9)11;7-6-4-2-1-3-5-6/h5,10H,1-4,6-8H2;1-5,7H. The highest BCUT2D eigenvalue weighted by atomic mass is 16.3. The van der Waals surface area contributed by atoms with E-state index in [9.17, 15) is 0 Å². The van der Waals surface area contributed by atoms with Crippen molar-refractivity contribution in [3.05, 3.63) is 47.5 Å². The van der Waals surface area contributed by atoms with Gasteiger partial charge in [0.15, 0.2) is 0 Å². The van der Waals surface area contributed by atoms with E-state index >= 15 is 0 Å². The summed E-state index contributed by atoms with van der Waals surface area (Å²) in [5.41, 5.74) is 11.5. The molecule has 3 rings (SSSR count). The second-order valence-corrected chi connectivity index (χ2v) is 5.40. The molecule has 1 aromatic rings. The van der Waals surface area contributed by atoms with Crippen LogP contribution in [0.25, 0.3) is 5.53 Å². The first-order valence-electron chi connectivity index (χ1n) is 7.45. The zero-order valence-corrected chi connectivity index (χ0v) is 11.8. The predicted octanol–water partition coefficient (Wildman–Crippen LogP) is 4.35. The van der Waals surface area contributed by atoms with E-state index in [1.165, 1.54) is 44.1 Å². The summed E-state index contributed by atoms with van der Waals surface area (Å²) in [5.74, 6) is 0.809. The van der Waals surface area contributed by atoms with Crippen LogP contribution in [0.15, 0.2) is 42.0 Å². The van der Waals surface area contributed by atoms with Crippen molar-refractivity contribution in [3.8, 4) is 5.75 Å². The van der Waals surface area contributed by atoms with E-state index in [2.05, 4.69) is 10.9 Å². The van der Waals surface area contributed by atoms with Gasteiger partial charge in [0.2, 0.25) is 0 Å². The molecular formula is C17H22N2O. The third-order valence-corrected chi connectivity index (χ3v) is 3.99. The second-order valence-electron chi connectivity index (χ2n) is 5.40. The molecule has 0 aromatic heterocycles. The van der Waals surface area contributed by atoms with E-state index in [0.29, 0.717) is 11.7 Å². The summed E-state index contributed by atoms with van der Waals surface area (Å²) in [6.45, 7) is 0. The summed E-state index contributed by atoms with van der Waals surface area (Å²) >= 11 is 0. The Bertz CT molecular complexity index is 501. The minimum Gasteiger partial charge on any atom is -0.508 e. The molecule has 1 N–H and O–H groups in total. The van der Waals surface area contributed by atoms with Crippen LogP contribution in [0.1, 0.15) is 44.9 Å². The van der Waals surface area contributed by atoms with Crippen molar-refractivity contribution >= 4 is 5.71 Å². The molecule has 0 amide bonds. The summed E-state index contributed by atoms with van der Waals surface area (Å²) in [4.78, 5) is 3.47. The lowest BCUT2D eigenvalue weighted by Gasteiger charge is -2.18. The maximum Gasteiger partial charge on any atom is 0.275 e. The first-order chi connectivity index (χ1) is 9.81. The Kier molecular flexibility index (Phi) is 5.57. The van der Waals surface area contributed by atoms with Crippen LogP contribution in [-0.2, 0) is 0 Å². The van der Waals surface area contributed by atoms with E-state index in [4.69, 9.17) is 10.6 Å². The number of hydrogen-bond acceptors (Lipinski definition) is 1. The van der Waals surface area contributed by atoms with Gasteiger partial charge in [-0.15, -0.1) is 0 Å². The molecule has 20 heavy (non-hydrogen) atoms. The highest BCUT2D eigenvalue weighted by Crippen LogP contribution is 2.33. The van der Waals surface area contributed by atoms with Crippen molar-refractivity contribution < 1.29 is 9.90 Å². The Morgan fingerprint density at radius 2 is 1.80 bits per heavy atom. The normalized spacial score (nSPS) is 21.5. The predicted molar refractivity (Wildman–Crippen MR) is 80.6 cm³/mol. The van der Waals surface area contributed by atoms with E-state index < -0.39 is 0 Å². The molecule has 2 aliphatic rings. The van der Waals surface area contributed by atoms with Crippen molar-refractivity contribution in [2.45, 2.75) is 44.9 Å². The van der Waals surface area contributed by atoms with Gasteiger partial charge >= 0.3 is 0 Å². The molecule has 3 heteroatoms. The SMILES string of the molecule is Oc1ccccc1.[N-]=[N+]=C1CCCCC2=CCCCC21. The van der Waals surface area contributed by atoms with Gasteiger partial charge in [-0.1, -0.05) is 29.8 Å². The summed E-state index contributed by atoms with van der Waals surface area (Å²) < 4.78 is 0. The molecular weight excluding hydrogens is 248 g/mol. The van der Waals surface area contributed by atoms with Gasteiger partial charge in [-0.05, 0) is 50.7 Å². The van der Waals surface area contributed by atoms with Crippen molar-refractivity contribution in [1.82, 2.24) is 0 Å². The third kappa shape index (κ3) is 4.07. The molecule has 0 heterocycles. The molecule has 3 nitrogen and oxygen atoms in total. The van der Waals surface area contributed by atoms with Crippen LogP contribution < -0.4 is 0 Å². The lowest BCUT2D eigenvalue weighted by Crippen LogP contribution is -2.18. The zero-order chi connectivity index (χ0) is 14.2. The summed E-state index contributed by atoms with van der Waals surface area (Å²) in [7, 11) is 0. The number of phenolic OH excluding ortho intramolecular Hbond substituents is 1. The summed E-state index contributed by atoms with van der Waals surface area (Å²) in [6, 6.07) is 8.71. The molecule has 0 bridgehead atoms. The molecule has 1 saturated carbocycles. The largest absolute Gasteiger partial charge is 0.508 e. The smallest absolute Gasteiger partial charge is 0.275 e. The lowest BCUT2D eigenvalue weighted by atomic mass is 9.83. The molecule has 0 aliphatic heterocycles. The molecule has 1 unspecified atom stereocenters. The highest BCUT2D eigenvalue weighted by molar-refractivity contribution is 5.84. The molecule has 1 fully saturated rings. The Morgan fingerprint density at radius 1 is 1.05 bits per heavy atom. The van der Waals surface area contributed by atoms with Gasteiger partial charge in [-0.2, -0.15) is 4.79 Å². The fourth-order valence-corrected chi connectivity index (χ4v) is 2.95. The Labute approximate surface area is 120 Å². The van der Waals surface area contributed by atoms with Gasteiger partial charge in [-0.3, -0.25) is 0 Å². The van der Waals surface area contributed by atoms with Crippen LogP contribution >= 0.6 is 0 Å². The molecule has 0 radical (unpaired) electrons. The van der Waals surface area contributed by atoms with Gasteiger partial charge in [0.1, 0.15) is 5.75 Å². The second kappa shape index (κ2) is 7.66. The topological polar surface area (TPSA) is 56.6 Å². The minimum atomic E-state index is 0.322. The van der Waals surface area contributed by atoms with Crippen molar-refractivity contribution in [1.29, 1.82) is 0 Å². The Hall–Kier alpha value is -1.86. The first kappa shape index (κ1) is 14.5. The van der Waals surface area contributed by atoms with E-state index in [1.54, 1.807) is 24.3 Å². The van der Waals surface area contributed by atoms with Crippen molar-refractivity contribution in [2.24, 2.45) is 5.92 Å². The van der Waals surface area contributed by atoms with Crippen LogP contribution in [0.3, 0.4) is 0 Å². The summed E-state index contributed by atoms with van der Waals surface area (Å²) in [5, 5.41) is 8.63. The van der Waals surface area contributed by atoms with Crippen LogP contribution in [0, 0.1) is 5.92 Å². The lowest BCUT2D eigenvalue weighted by molar-refractivity contribution is -0.0150. The van der Waals surface area contributed by atoms with Gasteiger partial charge in [0.05, 0.1) is 5.92 Å². The van der Waals surface area contributed by atoms with Gasteiger partial charge < -0.3 is 10.6 Å². The minimum absolute atomic E-state index is 0.322. The zero-order valence-electron chi connectivity index (χ0n) is 11.8. The number of hydrogen-bond donors (Lipinski definition) is 1. The van der Waals surface area contributed by atoms with Crippen LogP contribution in [0.5, 0.6) is 5.75 Å². The Balaban J connectivity index is 0.000000178. The number of nitrogens with zero attached hydrogens (tertiary/aromatic N) is 2. The molecule has 1 atom stereocenters. The molecule has 0 saturated heterocycles. The maximum absolute atomic E-state index is 8.92. The van der Waals surface area contributed by atoms with Crippen LogP contribution in [-0.4, -0.2) is 15.6 Å². The molecule has 0 spiro atoms. The molecule has 106 valence electrons. The number of benzene rings is 1. The quantitative estimate of drug-likeness (QED) is 0.425. The fraction of sp³-hybridized carbons (Fsp3) is 0.471. The number of para-hydroxylation sites is 1. The Morgan fingerprint density at radius 3 is 2.45 bits per heavy atom. The van der Waals surface area contributed by atoms with Crippen LogP contribution in [0.4, 0.5) is 0 Å². The fourth-order valence-electron chi connectivity index (χ4n) is 2.95. The average Bonchev–Trinajstić information content (AvgIpc) is 2.70. The molecule has 1 aromatic carbocycles. The molecule has 2 aliphatic carbocycles.